The number of rotatable bonds is 4. The molecule has 0 radical (unpaired) electrons. The average Bonchev–Trinajstić information content (AvgIpc) is 2.97. The first-order chi connectivity index (χ1) is 12.1. The number of primary amides is 1. The van der Waals surface area contributed by atoms with E-state index in [-0.39, 0.29) is 11.1 Å². The number of nitrogens with two attached hydrogens (primary N) is 1. The summed E-state index contributed by atoms with van der Waals surface area (Å²) < 4.78 is 0. The first-order valence-electron chi connectivity index (χ1n) is 8.82. The van der Waals surface area contributed by atoms with Crippen LogP contribution in [-0.2, 0) is 0 Å². The summed E-state index contributed by atoms with van der Waals surface area (Å²) in [7, 11) is 2.05. The van der Waals surface area contributed by atoms with E-state index in [1.165, 1.54) is 11.3 Å². The molecule has 3 N–H and O–H groups in total. The van der Waals surface area contributed by atoms with Crippen LogP contribution < -0.4 is 16.0 Å². The minimum atomic E-state index is -0.464. The van der Waals surface area contributed by atoms with E-state index in [1.54, 1.807) is 6.20 Å². The lowest BCUT2D eigenvalue weighted by molar-refractivity contribution is 0.100. The number of carbonyl (C=O) groups is 1. The van der Waals surface area contributed by atoms with Gasteiger partial charge in [-0.2, -0.15) is 0 Å². The maximum atomic E-state index is 11.9. The molecule has 0 saturated carbocycles. The van der Waals surface area contributed by atoms with Crippen LogP contribution in [0.15, 0.2) is 24.4 Å². The molecule has 0 unspecified atom stereocenters. The second kappa shape index (κ2) is 6.63. The maximum Gasteiger partial charge on any atom is 0.261 e. The summed E-state index contributed by atoms with van der Waals surface area (Å²) in [6.45, 7) is 8.91. The Bertz CT molecular complexity index is 784. The normalized spacial score (nSPS) is 19.3. The van der Waals surface area contributed by atoms with Crippen molar-refractivity contribution in [3.05, 3.63) is 29.3 Å². The molecule has 1 amide bonds. The molecule has 3 rings (SSSR count). The molecule has 2 aromatic heterocycles. The van der Waals surface area contributed by atoms with E-state index in [0.29, 0.717) is 22.3 Å². The molecule has 1 fully saturated rings. The van der Waals surface area contributed by atoms with E-state index >= 15 is 0 Å². The zero-order valence-corrected chi connectivity index (χ0v) is 16.9. The Labute approximate surface area is 158 Å². The minimum absolute atomic E-state index is 0.0360. The van der Waals surface area contributed by atoms with E-state index in [1.807, 2.05) is 25.2 Å². The topological polar surface area (TPSA) is 84.1 Å². The Balaban J connectivity index is 1.95. The predicted octanol–water partition coefficient (Wildman–Crippen LogP) is 3.05. The van der Waals surface area contributed by atoms with Gasteiger partial charge in [-0.1, -0.05) is 17.4 Å². The monoisotopic (exact) mass is 373 g/mol. The number of thiazole rings is 1. The number of pyridine rings is 1. The SMILES string of the molecule is CN(c1nc(-c2ccccn2)c(C(N)=O)s1)C1CC(C)(C)NC(C)(C)C1. The summed E-state index contributed by atoms with van der Waals surface area (Å²) in [4.78, 5) is 23.7. The highest BCUT2D eigenvalue weighted by Crippen LogP contribution is 2.37. The fraction of sp³-hybridized carbons (Fsp3) is 0.526. The number of carbonyl (C=O) groups excluding carboxylic acids is 1. The molecule has 0 spiro atoms. The Morgan fingerprint density at radius 2 is 1.92 bits per heavy atom. The number of aromatic nitrogens is 2. The highest BCUT2D eigenvalue weighted by atomic mass is 32.1. The van der Waals surface area contributed by atoms with Crippen molar-refractivity contribution in [3.8, 4) is 11.4 Å². The van der Waals surface area contributed by atoms with Gasteiger partial charge in [0.2, 0.25) is 0 Å². The number of piperidine rings is 1. The van der Waals surface area contributed by atoms with Crippen molar-refractivity contribution in [1.29, 1.82) is 0 Å². The van der Waals surface area contributed by atoms with Crippen molar-refractivity contribution < 1.29 is 4.79 Å². The molecule has 1 saturated heterocycles. The molecule has 1 aliphatic heterocycles. The number of nitrogens with zero attached hydrogens (tertiary/aromatic N) is 3. The molecule has 26 heavy (non-hydrogen) atoms. The van der Waals surface area contributed by atoms with Crippen molar-refractivity contribution in [2.75, 3.05) is 11.9 Å². The van der Waals surface area contributed by atoms with Crippen LogP contribution in [0.2, 0.25) is 0 Å². The summed E-state index contributed by atoms with van der Waals surface area (Å²) in [6, 6.07) is 5.89. The van der Waals surface area contributed by atoms with E-state index in [2.05, 4.69) is 42.9 Å². The molecule has 140 valence electrons. The van der Waals surface area contributed by atoms with Crippen LogP contribution in [0.4, 0.5) is 5.13 Å². The van der Waals surface area contributed by atoms with Crippen LogP contribution in [0.3, 0.4) is 0 Å². The van der Waals surface area contributed by atoms with Crippen LogP contribution >= 0.6 is 11.3 Å². The molecule has 0 aromatic carbocycles. The lowest BCUT2D eigenvalue weighted by Crippen LogP contribution is -2.61. The van der Waals surface area contributed by atoms with Crippen molar-refractivity contribution >= 4 is 22.4 Å². The second-order valence-corrected chi connectivity index (χ2v) is 9.30. The maximum absolute atomic E-state index is 11.9. The molecule has 6 nitrogen and oxygen atoms in total. The summed E-state index contributed by atoms with van der Waals surface area (Å²) in [6.07, 6.45) is 3.69. The van der Waals surface area contributed by atoms with Gasteiger partial charge in [0.15, 0.2) is 5.13 Å². The van der Waals surface area contributed by atoms with E-state index in [9.17, 15) is 4.79 Å². The lowest BCUT2D eigenvalue weighted by atomic mass is 9.79. The van der Waals surface area contributed by atoms with Gasteiger partial charge in [-0.05, 0) is 52.7 Å². The van der Waals surface area contributed by atoms with E-state index in [0.717, 1.165) is 18.0 Å². The quantitative estimate of drug-likeness (QED) is 0.860. The molecule has 3 heterocycles. The fourth-order valence-corrected chi connectivity index (χ4v) is 4.96. The average molecular weight is 374 g/mol. The number of nitrogens with one attached hydrogen (secondary N) is 1. The standard InChI is InChI=1S/C19H27N5OS/c1-18(2)10-12(11-19(3,4)23-18)24(5)17-22-14(15(26-17)16(20)25)13-8-6-7-9-21-13/h6-9,12,23H,10-11H2,1-5H3,(H2,20,25). The van der Waals surface area contributed by atoms with Crippen LogP contribution in [-0.4, -0.2) is 40.0 Å². The minimum Gasteiger partial charge on any atom is -0.365 e. The van der Waals surface area contributed by atoms with Crippen molar-refractivity contribution in [3.63, 3.8) is 0 Å². The number of hydrogen-bond donors (Lipinski definition) is 2. The smallest absolute Gasteiger partial charge is 0.261 e. The van der Waals surface area contributed by atoms with Crippen molar-refractivity contribution in [2.24, 2.45) is 5.73 Å². The van der Waals surface area contributed by atoms with E-state index < -0.39 is 5.91 Å². The van der Waals surface area contributed by atoms with Gasteiger partial charge in [-0.15, -0.1) is 0 Å². The first-order valence-corrected chi connectivity index (χ1v) is 9.64. The molecule has 0 aliphatic carbocycles. The van der Waals surface area contributed by atoms with Crippen LogP contribution in [0.1, 0.15) is 50.2 Å². The number of anilines is 1. The zero-order valence-electron chi connectivity index (χ0n) is 16.0. The van der Waals surface area contributed by atoms with Gasteiger partial charge in [-0.25, -0.2) is 4.98 Å². The first kappa shape index (κ1) is 18.8. The summed E-state index contributed by atoms with van der Waals surface area (Å²) in [5.41, 5.74) is 6.91. The molecule has 1 aliphatic rings. The molecular weight excluding hydrogens is 346 g/mol. The van der Waals surface area contributed by atoms with Gasteiger partial charge >= 0.3 is 0 Å². The van der Waals surface area contributed by atoms with Crippen LogP contribution in [0.5, 0.6) is 0 Å². The third-order valence-corrected chi connectivity index (χ3v) is 5.93. The summed E-state index contributed by atoms with van der Waals surface area (Å²) >= 11 is 1.34. The molecule has 2 aromatic rings. The summed E-state index contributed by atoms with van der Waals surface area (Å²) in [5.74, 6) is -0.464. The van der Waals surface area contributed by atoms with Gasteiger partial charge < -0.3 is 16.0 Å². The van der Waals surface area contributed by atoms with Crippen LogP contribution in [0, 0.1) is 0 Å². The fourth-order valence-electron chi connectivity index (χ4n) is 4.00. The zero-order chi connectivity index (χ0) is 19.1. The number of hydrogen-bond acceptors (Lipinski definition) is 6. The van der Waals surface area contributed by atoms with Crippen LogP contribution in [0.25, 0.3) is 11.4 Å². The number of amides is 1. The Kier molecular flexibility index (Phi) is 4.79. The highest BCUT2D eigenvalue weighted by molar-refractivity contribution is 7.18. The van der Waals surface area contributed by atoms with Crippen molar-refractivity contribution in [1.82, 2.24) is 15.3 Å². The molecule has 0 bridgehead atoms. The molecular formula is C19H27N5OS. The van der Waals surface area contributed by atoms with Gasteiger partial charge in [-0.3, -0.25) is 9.78 Å². The van der Waals surface area contributed by atoms with E-state index in [4.69, 9.17) is 10.7 Å². The predicted molar refractivity (Wildman–Crippen MR) is 107 cm³/mol. The third-order valence-electron chi connectivity index (χ3n) is 4.77. The Morgan fingerprint density at radius 1 is 1.27 bits per heavy atom. The van der Waals surface area contributed by atoms with Gasteiger partial charge in [0.25, 0.3) is 5.91 Å². The molecule has 7 heteroatoms. The van der Waals surface area contributed by atoms with Gasteiger partial charge in [0.1, 0.15) is 10.6 Å². The van der Waals surface area contributed by atoms with Gasteiger partial charge in [0.05, 0.1) is 5.69 Å². The lowest BCUT2D eigenvalue weighted by Gasteiger charge is -2.48. The summed E-state index contributed by atoms with van der Waals surface area (Å²) in [5, 5.41) is 4.50. The van der Waals surface area contributed by atoms with Crippen molar-refractivity contribution in [2.45, 2.75) is 57.7 Å². The second-order valence-electron chi connectivity index (χ2n) is 8.32. The Hall–Kier alpha value is -1.99. The molecule has 0 atom stereocenters. The third kappa shape index (κ3) is 3.88. The Morgan fingerprint density at radius 3 is 2.46 bits per heavy atom. The van der Waals surface area contributed by atoms with Gasteiger partial charge in [0, 0.05) is 30.4 Å². The highest BCUT2D eigenvalue weighted by Gasteiger charge is 2.40. The largest absolute Gasteiger partial charge is 0.365 e.